The number of nitrogens with two attached hydrogens (primary N) is 2. The van der Waals surface area contributed by atoms with Gasteiger partial charge in [-0.1, -0.05) is 0 Å². The third kappa shape index (κ3) is 8.36. The Kier molecular flexibility index (Phi) is 7.06. The Labute approximate surface area is 113 Å². The SMILES string of the molecule is NC(CS(=O)(=O)O)C(=O)OOC(=O)[C@H](N)CCC(=O)O. The van der Waals surface area contributed by atoms with E-state index in [2.05, 4.69) is 9.78 Å². The minimum Gasteiger partial charge on any atom is -0.481 e. The summed E-state index contributed by atoms with van der Waals surface area (Å²) in [7, 11) is -4.50. The summed E-state index contributed by atoms with van der Waals surface area (Å²) in [4.78, 5) is 40.3. The molecule has 6 N–H and O–H groups in total. The monoisotopic (exact) mass is 314 g/mol. The first-order valence-electron chi connectivity index (χ1n) is 5.13. The largest absolute Gasteiger partial charge is 0.481 e. The molecule has 0 aliphatic rings. The van der Waals surface area contributed by atoms with Crippen LogP contribution in [0.3, 0.4) is 0 Å². The van der Waals surface area contributed by atoms with Gasteiger partial charge in [0.05, 0.1) is 0 Å². The summed E-state index contributed by atoms with van der Waals surface area (Å²) in [5.41, 5.74) is 10.3. The van der Waals surface area contributed by atoms with Gasteiger partial charge < -0.3 is 16.6 Å². The summed E-state index contributed by atoms with van der Waals surface area (Å²) < 4.78 is 29.3. The van der Waals surface area contributed by atoms with Crippen LogP contribution in [0.5, 0.6) is 0 Å². The average Bonchev–Trinajstić information content (AvgIpc) is 2.30. The maximum absolute atomic E-state index is 11.1. The molecule has 11 nitrogen and oxygen atoms in total. The van der Waals surface area contributed by atoms with Gasteiger partial charge in [-0.3, -0.25) is 9.35 Å². The first-order valence-corrected chi connectivity index (χ1v) is 6.74. The van der Waals surface area contributed by atoms with Crippen LogP contribution in [0.1, 0.15) is 12.8 Å². The van der Waals surface area contributed by atoms with E-state index >= 15 is 0 Å². The molecule has 2 atom stereocenters. The number of carboxylic acids is 1. The van der Waals surface area contributed by atoms with Crippen LogP contribution in [-0.2, 0) is 34.3 Å². The van der Waals surface area contributed by atoms with Crippen molar-refractivity contribution in [3.63, 3.8) is 0 Å². The molecule has 12 heteroatoms. The van der Waals surface area contributed by atoms with Crippen LogP contribution in [0, 0.1) is 0 Å². The Morgan fingerprint density at radius 3 is 1.90 bits per heavy atom. The van der Waals surface area contributed by atoms with Crippen LogP contribution < -0.4 is 11.5 Å². The van der Waals surface area contributed by atoms with Crippen molar-refractivity contribution in [2.45, 2.75) is 24.9 Å². The third-order valence-corrected chi connectivity index (χ3v) is 2.65. The molecule has 0 heterocycles. The molecule has 0 aromatic heterocycles. The number of carboxylic acid groups (broad SMARTS) is 1. The van der Waals surface area contributed by atoms with E-state index in [9.17, 15) is 22.8 Å². The van der Waals surface area contributed by atoms with Crippen LogP contribution in [0.2, 0.25) is 0 Å². The smallest absolute Gasteiger partial charge is 0.373 e. The van der Waals surface area contributed by atoms with E-state index in [1.54, 1.807) is 0 Å². The summed E-state index contributed by atoms with van der Waals surface area (Å²) in [5, 5.41) is 8.35. The summed E-state index contributed by atoms with van der Waals surface area (Å²) in [6.45, 7) is 0. The van der Waals surface area contributed by atoms with Crippen LogP contribution in [-0.4, -0.2) is 53.8 Å². The van der Waals surface area contributed by atoms with Crippen molar-refractivity contribution in [1.29, 1.82) is 0 Å². The number of aliphatic carboxylic acids is 1. The fourth-order valence-electron chi connectivity index (χ4n) is 0.898. The highest BCUT2D eigenvalue weighted by atomic mass is 32.2. The Morgan fingerprint density at radius 2 is 1.50 bits per heavy atom. The quantitative estimate of drug-likeness (QED) is 0.218. The van der Waals surface area contributed by atoms with Crippen molar-refractivity contribution < 1.29 is 42.2 Å². The highest BCUT2D eigenvalue weighted by molar-refractivity contribution is 7.85. The van der Waals surface area contributed by atoms with Gasteiger partial charge in [0, 0.05) is 6.42 Å². The molecule has 0 spiro atoms. The summed E-state index contributed by atoms with van der Waals surface area (Å²) >= 11 is 0. The molecule has 0 bridgehead atoms. The van der Waals surface area contributed by atoms with E-state index in [0.29, 0.717) is 0 Å². The van der Waals surface area contributed by atoms with Gasteiger partial charge >= 0.3 is 17.9 Å². The maximum atomic E-state index is 11.1. The molecule has 116 valence electrons. The number of hydrogen-bond donors (Lipinski definition) is 4. The molecule has 0 aliphatic carbocycles. The second-order valence-corrected chi connectivity index (χ2v) is 5.20. The molecule has 0 saturated carbocycles. The second-order valence-electron chi connectivity index (χ2n) is 3.70. The van der Waals surface area contributed by atoms with Crippen LogP contribution >= 0.6 is 0 Å². The average molecular weight is 314 g/mol. The van der Waals surface area contributed by atoms with Gasteiger partial charge in [-0.2, -0.15) is 8.42 Å². The van der Waals surface area contributed by atoms with E-state index in [1.165, 1.54) is 0 Å². The summed E-state index contributed by atoms with van der Waals surface area (Å²) in [5.74, 6) is -4.94. The molecular weight excluding hydrogens is 300 g/mol. The summed E-state index contributed by atoms with van der Waals surface area (Å²) in [6, 6.07) is -3.09. The molecule has 0 rings (SSSR count). The number of hydrogen-bond acceptors (Lipinski definition) is 9. The van der Waals surface area contributed by atoms with Crippen molar-refractivity contribution in [3.8, 4) is 0 Å². The van der Waals surface area contributed by atoms with Crippen molar-refractivity contribution in [2.75, 3.05) is 5.75 Å². The highest BCUT2D eigenvalue weighted by Gasteiger charge is 2.25. The van der Waals surface area contributed by atoms with Crippen LogP contribution in [0.25, 0.3) is 0 Å². The fourth-order valence-corrected chi connectivity index (χ4v) is 1.49. The van der Waals surface area contributed by atoms with Crippen molar-refractivity contribution in [3.05, 3.63) is 0 Å². The van der Waals surface area contributed by atoms with E-state index in [-0.39, 0.29) is 6.42 Å². The van der Waals surface area contributed by atoms with E-state index in [1.807, 2.05) is 0 Å². The second kappa shape index (κ2) is 7.74. The van der Waals surface area contributed by atoms with Crippen molar-refractivity contribution >= 4 is 28.0 Å². The van der Waals surface area contributed by atoms with Gasteiger partial charge in [0.2, 0.25) is 0 Å². The molecule has 20 heavy (non-hydrogen) atoms. The highest BCUT2D eigenvalue weighted by Crippen LogP contribution is 1.99. The lowest BCUT2D eigenvalue weighted by Crippen LogP contribution is -2.40. The number of carbonyl (C=O) groups excluding carboxylic acids is 2. The minimum atomic E-state index is -4.50. The zero-order chi connectivity index (χ0) is 15.9. The van der Waals surface area contributed by atoms with Gasteiger partial charge in [-0.25, -0.2) is 19.4 Å². The fraction of sp³-hybridized carbons (Fsp3) is 0.625. The van der Waals surface area contributed by atoms with E-state index in [4.69, 9.17) is 21.1 Å². The Balaban J connectivity index is 4.17. The zero-order valence-corrected chi connectivity index (χ0v) is 10.9. The molecule has 0 aliphatic heterocycles. The van der Waals surface area contributed by atoms with Gasteiger partial charge in [0.1, 0.15) is 17.8 Å². The van der Waals surface area contributed by atoms with Crippen LogP contribution in [0.4, 0.5) is 0 Å². The Bertz CT molecular complexity index is 474. The normalized spacial score (nSPS) is 14.2. The maximum Gasteiger partial charge on any atom is 0.373 e. The van der Waals surface area contributed by atoms with Gasteiger partial charge in [-0.15, -0.1) is 0 Å². The lowest BCUT2D eigenvalue weighted by atomic mass is 10.2. The van der Waals surface area contributed by atoms with Crippen molar-refractivity contribution in [2.24, 2.45) is 11.5 Å². The van der Waals surface area contributed by atoms with Gasteiger partial charge in [-0.05, 0) is 6.42 Å². The first kappa shape index (κ1) is 18.2. The van der Waals surface area contributed by atoms with Gasteiger partial charge in [0.25, 0.3) is 10.1 Å². The minimum absolute atomic E-state index is 0.247. The molecule has 0 saturated heterocycles. The standard InChI is InChI=1S/C8H14N2O9S/c9-4(1-2-6(11)12)7(13)18-19-8(14)5(10)3-20(15,16)17/h4-5H,1-3,9-10H2,(H,11,12)(H,15,16,17)/t4-,5?/m1/s1. The molecular formula is C8H14N2O9S. The number of carbonyl (C=O) groups is 3. The molecule has 1 unspecified atom stereocenters. The molecule has 0 aromatic carbocycles. The van der Waals surface area contributed by atoms with E-state index < -0.39 is 52.3 Å². The molecule has 0 amide bonds. The summed E-state index contributed by atoms with van der Waals surface area (Å²) in [6.07, 6.45) is -0.644. The van der Waals surface area contributed by atoms with Crippen molar-refractivity contribution in [1.82, 2.24) is 0 Å². The topological polar surface area (TPSA) is 196 Å². The zero-order valence-electron chi connectivity index (χ0n) is 10.1. The molecule has 0 fully saturated rings. The van der Waals surface area contributed by atoms with E-state index in [0.717, 1.165) is 0 Å². The Hall–Kier alpha value is -1.76. The first-order chi connectivity index (χ1) is 9.03. The van der Waals surface area contributed by atoms with Crippen LogP contribution in [0.15, 0.2) is 0 Å². The molecule has 0 aromatic rings. The molecule has 0 radical (unpaired) electrons. The lowest BCUT2D eigenvalue weighted by Gasteiger charge is -2.10. The Morgan fingerprint density at radius 1 is 1.05 bits per heavy atom. The predicted octanol–water partition coefficient (Wildman–Crippen LogP) is -2.60. The lowest BCUT2D eigenvalue weighted by molar-refractivity contribution is -0.260. The number of rotatable bonds is 7. The predicted molar refractivity (Wildman–Crippen MR) is 61.4 cm³/mol. The van der Waals surface area contributed by atoms with Gasteiger partial charge in [0.15, 0.2) is 0 Å². The third-order valence-electron chi connectivity index (χ3n) is 1.87.